The molecular formula is C13H12N2O4S. The summed E-state index contributed by atoms with van der Waals surface area (Å²) in [5.41, 5.74) is 0.366. The second-order valence-electron chi connectivity index (χ2n) is 4.24. The highest BCUT2D eigenvalue weighted by molar-refractivity contribution is 7.90. The van der Waals surface area contributed by atoms with Crippen LogP contribution in [0.5, 0.6) is 0 Å². The lowest BCUT2D eigenvalue weighted by atomic mass is 10.2. The highest BCUT2D eigenvalue weighted by atomic mass is 32.2. The number of rotatable bonds is 3. The normalized spacial score (nSPS) is 14.6. The first-order valence-electron chi connectivity index (χ1n) is 5.80. The van der Waals surface area contributed by atoms with Crippen LogP contribution in [0.2, 0.25) is 0 Å². The predicted molar refractivity (Wildman–Crippen MR) is 70.2 cm³/mol. The van der Waals surface area contributed by atoms with Gasteiger partial charge in [0.2, 0.25) is 5.88 Å². The maximum absolute atomic E-state index is 12.1. The molecular weight excluding hydrogens is 280 g/mol. The van der Waals surface area contributed by atoms with E-state index in [-0.39, 0.29) is 16.3 Å². The summed E-state index contributed by atoms with van der Waals surface area (Å²) in [5.74, 6) is -0.517. The maximum atomic E-state index is 12.1. The highest BCUT2D eigenvalue weighted by Crippen LogP contribution is 2.19. The maximum Gasteiger partial charge on any atom is 0.259 e. The molecule has 0 spiro atoms. The van der Waals surface area contributed by atoms with Gasteiger partial charge in [0.05, 0.1) is 22.6 Å². The zero-order valence-corrected chi connectivity index (χ0v) is 11.5. The Morgan fingerprint density at radius 1 is 1.40 bits per heavy atom. The van der Waals surface area contributed by atoms with Crippen LogP contribution in [0, 0.1) is 11.3 Å². The van der Waals surface area contributed by atoms with Crippen LogP contribution in [-0.4, -0.2) is 27.2 Å². The minimum Gasteiger partial charge on any atom is -0.478 e. The van der Waals surface area contributed by atoms with Gasteiger partial charge in [-0.3, -0.25) is 10.1 Å². The van der Waals surface area contributed by atoms with E-state index in [0.717, 1.165) is 6.26 Å². The molecule has 1 heterocycles. The van der Waals surface area contributed by atoms with Crippen molar-refractivity contribution in [1.29, 1.82) is 5.26 Å². The van der Waals surface area contributed by atoms with E-state index >= 15 is 0 Å². The Balaban J connectivity index is 2.35. The number of nitrogens with one attached hydrogen (secondary N) is 1. The summed E-state index contributed by atoms with van der Waals surface area (Å²) in [4.78, 5) is 12.1. The monoisotopic (exact) mass is 292 g/mol. The molecule has 6 nitrogen and oxygen atoms in total. The van der Waals surface area contributed by atoms with Gasteiger partial charge < -0.3 is 4.74 Å². The first kappa shape index (κ1) is 14.1. The minimum absolute atomic E-state index is 0.0234. The summed E-state index contributed by atoms with van der Waals surface area (Å²) in [6.07, 6.45) is 1.46. The molecule has 0 saturated heterocycles. The van der Waals surface area contributed by atoms with E-state index in [4.69, 9.17) is 10.00 Å². The van der Waals surface area contributed by atoms with Crippen molar-refractivity contribution in [2.24, 2.45) is 0 Å². The van der Waals surface area contributed by atoms with Gasteiger partial charge in [0.15, 0.2) is 9.84 Å². The second-order valence-corrected chi connectivity index (χ2v) is 6.22. The van der Waals surface area contributed by atoms with Gasteiger partial charge in [0, 0.05) is 12.7 Å². The van der Waals surface area contributed by atoms with Crippen LogP contribution in [0.15, 0.2) is 40.6 Å². The predicted octanol–water partition coefficient (Wildman–Crippen LogP) is 0.975. The smallest absolute Gasteiger partial charge is 0.259 e. The van der Waals surface area contributed by atoms with Gasteiger partial charge in [-0.05, 0) is 12.1 Å². The molecule has 7 heteroatoms. The lowest BCUT2D eigenvalue weighted by Crippen LogP contribution is -2.25. The Labute approximate surface area is 116 Å². The topological polar surface area (TPSA) is 96.3 Å². The Hall–Kier alpha value is -2.33. The molecule has 1 aliphatic heterocycles. The SMILES string of the molecule is CS(=O)(=O)c1ccccc1C(=O)NC1=C(C#N)CCO1. The second kappa shape index (κ2) is 5.35. The largest absolute Gasteiger partial charge is 0.478 e. The number of ether oxygens (including phenoxy) is 1. The number of benzene rings is 1. The molecule has 0 aliphatic carbocycles. The van der Waals surface area contributed by atoms with E-state index in [9.17, 15) is 13.2 Å². The first-order valence-corrected chi connectivity index (χ1v) is 7.69. The molecule has 1 amide bonds. The van der Waals surface area contributed by atoms with E-state index in [1.807, 2.05) is 6.07 Å². The molecule has 104 valence electrons. The summed E-state index contributed by atoms with van der Waals surface area (Å²) in [6.45, 7) is 0.326. The van der Waals surface area contributed by atoms with Gasteiger partial charge in [0.1, 0.15) is 6.07 Å². The van der Waals surface area contributed by atoms with Crippen LogP contribution >= 0.6 is 0 Å². The molecule has 0 unspecified atom stereocenters. The number of hydrogen-bond donors (Lipinski definition) is 1. The van der Waals surface area contributed by atoms with Gasteiger partial charge in [-0.2, -0.15) is 5.26 Å². The molecule has 0 fully saturated rings. The molecule has 0 saturated carbocycles. The van der Waals surface area contributed by atoms with Crippen LogP contribution in [-0.2, 0) is 14.6 Å². The lowest BCUT2D eigenvalue weighted by molar-refractivity contribution is 0.0927. The third-order valence-electron chi connectivity index (χ3n) is 2.77. The lowest BCUT2D eigenvalue weighted by Gasteiger charge is -2.09. The van der Waals surface area contributed by atoms with Crippen molar-refractivity contribution >= 4 is 15.7 Å². The van der Waals surface area contributed by atoms with Gasteiger partial charge in [-0.25, -0.2) is 8.42 Å². The number of carbonyl (C=O) groups excluding carboxylic acids is 1. The summed E-state index contributed by atoms with van der Waals surface area (Å²) < 4.78 is 28.4. The molecule has 0 bridgehead atoms. The van der Waals surface area contributed by atoms with Crippen molar-refractivity contribution in [3.63, 3.8) is 0 Å². The summed E-state index contributed by atoms with van der Waals surface area (Å²) >= 11 is 0. The quantitative estimate of drug-likeness (QED) is 0.895. The average molecular weight is 292 g/mol. The molecule has 2 rings (SSSR count). The van der Waals surface area contributed by atoms with Crippen molar-refractivity contribution in [3.8, 4) is 6.07 Å². The number of nitrogens with zero attached hydrogens (tertiary/aromatic N) is 1. The molecule has 20 heavy (non-hydrogen) atoms. The fraction of sp³-hybridized carbons (Fsp3) is 0.231. The number of hydrogen-bond acceptors (Lipinski definition) is 5. The number of sulfone groups is 1. The van der Waals surface area contributed by atoms with Crippen LogP contribution in [0.3, 0.4) is 0 Å². The Kier molecular flexibility index (Phi) is 3.77. The fourth-order valence-corrected chi connectivity index (χ4v) is 2.71. The molecule has 1 aromatic carbocycles. The third-order valence-corrected chi connectivity index (χ3v) is 3.92. The number of nitriles is 1. The zero-order chi connectivity index (χ0) is 14.8. The standard InChI is InChI=1S/C13H12N2O4S/c1-20(17,18)11-5-3-2-4-10(11)12(16)15-13-9(8-14)6-7-19-13/h2-5H,6-7H2,1H3,(H,15,16). The van der Waals surface area contributed by atoms with Crippen LogP contribution in [0.1, 0.15) is 16.8 Å². The number of carbonyl (C=O) groups is 1. The Morgan fingerprint density at radius 3 is 2.75 bits per heavy atom. The highest BCUT2D eigenvalue weighted by Gasteiger charge is 2.22. The number of amides is 1. The molecule has 0 atom stereocenters. The van der Waals surface area contributed by atoms with E-state index in [1.165, 1.54) is 12.1 Å². The van der Waals surface area contributed by atoms with Crippen LogP contribution in [0.25, 0.3) is 0 Å². The van der Waals surface area contributed by atoms with Gasteiger partial charge in [0.25, 0.3) is 5.91 Å². The summed E-state index contributed by atoms with van der Waals surface area (Å²) in [6, 6.07) is 7.82. The van der Waals surface area contributed by atoms with Crippen molar-refractivity contribution in [2.45, 2.75) is 11.3 Å². The van der Waals surface area contributed by atoms with Crippen molar-refractivity contribution in [2.75, 3.05) is 12.9 Å². The zero-order valence-electron chi connectivity index (χ0n) is 10.7. The molecule has 0 radical (unpaired) electrons. The van der Waals surface area contributed by atoms with Crippen LogP contribution in [0.4, 0.5) is 0 Å². The van der Waals surface area contributed by atoms with Crippen molar-refractivity contribution < 1.29 is 17.9 Å². The van der Waals surface area contributed by atoms with E-state index in [2.05, 4.69) is 5.32 Å². The average Bonchev–Trinajstić information content (AvgIpc) is 2.85. The van der Waals surface area contributed by atoms with Gasteiger partial charge in [-0.15, -0.1) is 0 Å². The van der Waals surface area contributed by atoms with Crippen molar-refractivity contribution in [1.82, 2.24) is 5.32 Å². The summed E-state index contributed by atoms with van der Waals surface area (Å²) in [5, 5.41) is 11.3. The molecule has 1 N–H and O–H groups in total. The fourth-order valence-electron chi connectivity index (χ4n) is 1.82. The Morgan fingerprint density at radius 2 is 2.10 bits per heavy atom. The first-order chi connectivity index (χ1) is 9.43. The van der Waals surface area contributed by atoms with E-state index < -0.39 is 15.7 Å². The van der Waals surface area contributed by atoms with E-state index in [1.54, 1.807) is 12.1 Å². The third kappa shape index (κ3) is 2.81. The Bertz CT molecular complexity index is 729. The van der Waals surface area contributed by atoms with Crippen LogP contribution < -0.4 is 5.32 Å². The van der Waals surface area contributed by atoms with Crippen molar-refractivity contribution in [3.05, 3.63) is 41.3 Å². The summed E-state index contributed by atoms with van der Waals surface area (Å²) in [7, 11) is -3.51. The molecule has 1 aromatic rings. The minimum atomic E-state index is -3.51. The molecule has 0 aromatic heterocycles. The van der Waals surface area contributed by atoms with E-state index in [0.29, 0.717) is 18.6 Å². The van der Waals surface area contributed by atoms with Gasteiger partial charge in [-0.1, -0.05) is 12.1 Å². The molecule has 1 aliphatic rings. The van der Waals surface area contributed by atoms with Gasteiger partial charge >= 0.3 is 0 Å².